The quantitative estimate of drug-likeness (QED) is 0.423. The topological polar surface area (TPSA) is 38.2 Å². The fourth-order valence-corrected chi connectivity index (χ4v) is 5.84. The summed E-state index contributed by atoms with van der Waals surface area (Å²) in [5.74, 6) is 0.893. The standard InChI is InChI=1S/C28H29N3O/c1-2-4-22-20(3-1)5-7-24-23(22)9-10-26-25(24)8-6-21(11-14-31-15-17-32-18-16-31)28(26)27-19-29-12-13-30-27/h1-5,7,9-10,12-13,19,21,28H,6,8,11,14-18H2. The summed E-state index contributed by atoms with van der Waals surface area (Å²) >= 11 is 0. The molecule has 162 valence electrons. The molecule has 4 heteroatoms. The second-order valence-electron chi connectivity index (χ2n) is 9.16. The molecule has 0 N–H and O–H groups in total. The Morgan fingerprint density at radius 3 is 2.66 bits per heavy atom. The highest BCUT2D eigenvalue weighted by atomic mass is 16.5. The van der Waals surface area contributed by atoms with Crippen molar-refractivity contribution in [2.24, 2.45) is 5.92 Å². The number of hydrogen-bond donors (Lipinski definition) is 0. The average molecular weight is 424 g/mol. The molecule has 0 spiro atoms. The molecular weight excluding hydrogens is 394 g/mol. The molecule has 0 amide bonds. The molecule has 1 aliphatic carbocycles. The first-order valence-electron chi connectivity index (χ1n) is 11.9. The summed E-state index contributed by atoms with van der Waals surface area (Å²) in [6.45, 7) is 4.97. The molecule has 1 fully saturated rings. The van der Waals surface area contributed by atoms with Gasteiger partial charge >= 0.3 is 0 Å². The van der Waals surface area contributed by atoms with E-state index in [1.165, 1.54) is 45.5 Å². The van der Waals surface area contributed by atoms with Gasteiger partial charge in [-0.2, -0.15) is 0 Å². The lowest BCUT2D eigenvalue weighted by molar-refractivity contribution is 0.0347. The summed E-state index contributed by atoms with van der Waals surface area (Å²) in [5.41, 5.74) is 4.07. The third-order valence-electron chi connectivity index (χ3n) is 7.47. The molecule has 0 bridgehead atoms. The number of ether oxygens (including phenoxy) is 1. The molecule has 2 aliphatic rings. The van der Waals surface area contributed by atoms with Gasteiger partial charge in [-0.15, -0.1) is 0 Å². The van der Waals surface area contributed by atoms with E-state index in [-0.39, 0.29) is 0 Å². The molecule has 1 aromatic heterocycles. The van der Waals surface area contributed by atoms with Crippen LogP contribution in [0, 0.1) is 5.92 Å². The third kappa shape index (κ3) is 3.58. The SMILES string of the molecule is c1ccc2c(c1)ccc1c3c(ccc12)C(c1cnccn1)C(CCN1CCOCC1)CC3. The van der Waals surface area contributed by atoms with Crippen molar-refractivity contribution in [3.8, 4) is 0 Å². The first-order chi connectivity index (χ1) is 15.9. The molecule has 2 unspecified atom stereocenters. The van der Waals surface area contributed by atoms with Crippen molar-refractivity contribution in [1.82, 2.24) is 14.9 Å². The van der Waals surface area contributed by atoms with Crippen molar-refractivity contribution in [1.29, 1.82) is 0 Å². The summed E-state index contributed by atoms with van der Waals surface area (Å²) < 4.78 is 5.54. The van der Waals surface area contributed by atoms with E-state index in [0.717, 1.165) is 45.0 Å². The number of rotatable bonds is 4. The molecule has 4 nitrogen and oxygen atoms in total. The molecule has 1 saturated heterocycles. The Hall–Kier alpha value is -2.82. The van der Waals surface area contributed by atoms with Crippen molar-refractivity contribution in [3.63, 3.8) is 0 Å². The minimum atomic E-state index is 0.310. The van der Waals surface area contributed by atoms with E-state index in [1.54, 1.807) is 6.20 Å². The van der Waals surface area contributed by atoms with Crippen LogP contribution in [0.2, 0.25) is 0 Å². The Morgan fingerprint density at radius 2 is 1.78 bits per heavy atom. The highest BCUT2D eigenvalue weighted by Gasteiger charge is 2.33. The van der Waals surface area contributed by atoms with Gasteiger partial charge in [0, 0.05) is 37.6 Å². The normalized spacial score (nSPS) is 21.6. The maximum atomic E-state index is 5.54. The highest BCUT2D eigenvalue weighted by Crippen LogP contribution is 2.44. The summed E-state index contributed by atoms with van der Waals surface area (Å²) in [6, 6.07) is 18.0. The zero-order chi connectivity index (χ0) is 21.3. The van der Waals surface area contributed by atoms with E-state index in [4.69, 9.17) is 9.72 Å². The van der Waals surface area contributed by atoms with Gasteiger partial charge < -0.3 is 4.74 Å². The molecule has 3 aromatic carbocycles. The van der Waals surface area contributed by atoms with Crippen molar-refractivity contribution in [2.45, 2.75) is 25.2 Å². The Morgan fingerprint density at radius 1 is 0.906 bits per heavy atom. The van der Waals surface area contributed by atoms with Crippen LogP contribution in [-0.2, 0) is 11.2 Å². The maximum Gasteiger partial charge on any atom is 0.0664 e. The van der Waals surface area contributed by atoms with E-state index < -0.39 is 0 Å². The molecule has 6 rings (SSSR count). The molecule has 0 radical (unpaired) electrons. The lowest BCUT2D eigenvalue weighted by atomic mass is 9.71. The third-order valence-corrected chi connectivity index (χ3v) is 7.47. The van der Waals surface area contributed by atoms with Gasteiger partial charge in [-0.3, -0.25) is 14.9 Å². The fraction of sp³-hybridized carbons (Fsp3) is 0.357. The van der Waals surface area contributed by atoms with Crippen LogP contribution in [0.3, 0.4) is 0 Å². The van der Waals surface area contributed by atoms with Gasteiger partial charge in [0.2, 0.25) is 0 Å². The minimum absolute atomic E-state index is 0.310. The van der Waals surface area contributed by atoms with Crippen LogP contribution >= 0.6 is 0 Å². The van der Waals surface area contributed by atoms with Gasteiger partial charge in [-0.1, -0.05) is 48.5 Å². The lowest BCUT2D eigenvalue weighted by Gasteiger charge is -2.36. The molecular formula is C28H29N3O. The van der Waals surface area contributed by atoms with Gasteiger partial charge in [0.05, 0.1) is 18.9 Å². The van der Waals surface area contributed by atoms with Gasteiger partial charge in [-0.05, 0) is 64.4 Å². The number of nitrogens with zero attached hydrogens (tertiary/aromatic N) is 3. The predicted molar refractivity (Wildman–Crippen MR) is 129 cm³/mol. The summed E-state index contributed by atoms with van der Waals surface area (Å²) in [5, 5.41) is 5.43. The maximum absolute atomic E-state index is 5.54. The monoisotopic (exact) mass is 423 g/mol. The van der Waals surface area contributed by atoms with E-state index in [0.29, 0.717) is 11.8 Å². The summed E-state index contributed by atoms with van der Waals surface area (Å²) in [4.78, 5) is 11.8. The van der Waals surface area contributed by atoms with Crippen LogP contribution in [0.25, 0.3) is 21.5 Å². The smallest absolute Gasteiger partial charge is 0.0664 e. The van der Waals surface area contributed by atoms with Gasteiger partial charge in [0.15, 0.2) is 0 Å². The van der Waals surface area contributed by atoms with Gasteiger partial charge in [-0.25, -0.2) is 0 Å². The van der Waals surface area contributed by atoms with Crippen molar-refractivity contribution in [3.05, 3.63) is 83.9 Å². The van der Waals surface area contributed by atoms with E-state index in [9.17, 15) is 0 Å². The largest absolute Gasteiger partial charge is 0.379 e. The highest BCUT2D eigenvalue weighted by molar-refractivity contribution is 6.08. The Bertz CT molecular complexity index is 1230. The minimum Gasteiger partial charge on any atom is -0.379 e. The first kappa shape index (κ1) is 19.8. The van der Waals surface area contributed by atoms with Crippen LogP contribution in [0.4, 0.5) is 0 Å². The number of aromatic nitrogens is 2. The second kappa shape index (κ2) is 8.61. The average Bonchev–Trinajstić information content (AvgIpc) is 2.87. The van der Waals surface area contributed by atoms with Gasteiger partial charge in [0.1, 0.15) is 0 Å². The molecule has 2 heterocycles. The van der Waals surface area contributed by atoms with E-state index in [2.05, 4.69) is 58.4 Å². The van der Waals surface area contributed by atoms with Crippen LogP contribution in [0.5, 0.6) is 0 Å². The molecule has 2 atom stereocenters. The Kier molecular flexibility index (Phi) is 5.34. The van der Waals surface area contributed by atoms with E-state index >= 15 is 0 Å². The zero-order valence-electron chi connectivity index (χ0n) is 18.4. The van der Waals surface area contributed by atoms with E-state index in [1.807, 2.05) is 12.4 Å². The molecule has 32 heavy (non-hydrogen) atoms. The number of benzene rings is 3. The molecule has 0 saturated carbocycles. The van der Waals surface area contributed by atoms with Crippen LogP contribution < -0.4 is 0 Å². The van der Waals surface area contributed by atoms with Crippen molar-refractivity contribution < 1.29 is 4.74 Å². The second-order valence-corrected chi connectivity index (χ2v) is 9.16. The predicted octanol–water partition coefficient (Wildman–Crippen LogP) is 5.20. The van der Waals surface area contributed by atoms with Crippen molar-refractivity contribution in [2.75, 3.05) is 32.8 Å². The Balaban J connectivity index is 1.41. The van der Waals surface area contributed by atoms with Crippen LogP contribution in [0.15, 0.2) is 67.1 Å². The molecule has 1 aliphatic heterocycles. The zero-order valence-corrected chi connectivity index (χ0v) is 18.4. The number of hydrogen-bond acceptors (Lipinski definition) is 4. The van der Waals surface area contributed by atoms with Crippen LogP contribution in [0.1, 0.15) is 35.6 Å². The van der Waals surface area contributed by atoms with Gasteiger partial charge in [0.25, 0.3) is 0 Å². The Labute approximate surface area is 189 Å². The number of aryl methyl sites for hydroxylation is 1. The number of morpholine rings is 1. The summed E-state index contributed by atoms with van der Waals surface area (Å²) in [6.07, 6.45) is 9.13. The first-order valence-corrected chi connectivity index (χ1v) is 11.9. The van der Waals surface area contributed by atoms with Crippen molar-refractivity contribution >= 4 is 21.5 Å². The lowest BCUT2D eigenvalue weighted by Crippen LogP contribution is -2.38. The fourth-order valence-electron chi connectivity index (χ4n) is 5.84. The summed E-state index contributed by atoms with van der Waals surface area (Å²) in [7, 11) is 0. The van der Waals surface area contributed by atoms with Crippen LogP contribution in [-0.4, -0.2) is 47.7 Å². The molecule has 4 aromatic rings. The number of fused-ring (bicyclic) bond motifs is 5.